The number of halogens is 1. The van der Waals surface area contributed by atoms with E-state index in [1.165, 1.54) is 6.21 Å². The molecule has 1 N–H and O–H groups in total. The van der Waals surface area contributed by atoms with Gasteiger partial charge >= 0.3 is 0 Å². The van der Waals surface area contributed by atoms with E-state index in [0.717, 1.165) is 12.0 Å². The molecule has 0 fully saturated rings. The van der Waals surface area contributed by atoms with E-state index in [-0.39, 0.29) is 12.5 Å². The first-order valence-electron chi connectivity index (χ1n) is 8.14. The van der Waals surface area contributed by atoms with Crippen molar-refractivity contribution in [3.63, 3.8) is 0 Å². The maximum atomic E-state index is 11.8. The van der Waals surface area contributed by atoms with Crippen LogP contribution < -0.4 is 14.8 Å². The molecule has 0 radical (unpaired) electrons. The summed E-state index contributed by atoms with van der Waals surface area (Å²) < 4.78 is 10.9. The molecule has 2 aromatic carbocycles. The summed E-state index contributed by atoms with van der Waals surface area (Å²) in [4.78, 5) is 16.8. The van der Waals surface area contributed by atoms with E-state index >= 15 is 0 Å². The third-order valence-corrected chi connectivity index (χ3v) is 3.46. The Morgan fingerprint density at radius 2 is 2.08 bits per heavy atom. The van der Waals surface area contributed by atoms with Crippen molar-refractivity contribution in [2.24, 2.45) is 5.16 Å². The molecule has 0 heterocycles. The second-order valence-electron chi connectivity index (χ2n) is 5.33. The van der Waals surface area contributed by atoms with Gasteiger partial charge in [-0.1, -0.05) is 29.7 Å². The Hall–Kier alpha value is -2.73. The standard InChI is InChI=1S/C19H21ClN2O4/c1-3-9-25-17-8-7-14(10-18(17)24-2)12-21-26-13-19(23)22-16-6-4-5-15(20)11-16/h4-8,10-12H,3,9,13H2,1-2H3,(H,22,23)/b21-12-. The van der Waals surface area contributed by atoms with Gasteiger partial charge in [-0.05, 0) is 42.8 Å². The Morgan fingerprint density at radius 1 is 1.23 bits per heavy atom. The van der Waals surface area contributed by atoms with Crippen LogP contribution in [0.3, 0.4) is 0 Å². The second-order valence-corrected chi connectivity index (χ2v) is 5.76. The van der Waals surface area contributed by atoms with E-state index in [1.807, 2.05) is 19.1 Å². The number of hydrogen-bond donors (Lipinski definition) is 1. The molecule has 2 rings (SSSR count). The Morgan fingerprint density at radius 3 is 2.81 bits per heavy atom. The highest BCUT2D eigenvalue weighted by molar-refractivity contribution is 6.30. The van der Waals surface area contributed by atoms with E-state index < -0.39 is 0 Å². The fourth-order valence-corrected chi connectivity index (χ4v) is 2.24. The minimum atomic E-state index is -0.328. The first kappa shape index (κ1) is 19.6. The topological polar surface area (TPSA) is 69.2 Å². The zero-order chi connectivity index (χ0) is 18.8. The van der Waals surface area contributed by atoms with Crippen LogP contribution in [0.4, 0.5) is 5.69 Å². The normalized spacial score (nSPS) is 10.6. The molecule has 0 aliphatic rings. The number of nitrogens with one attached hydrogen (secondary N) is 1. The molecule has 0 aromatic heterocycles. The monoisotopic (exact) mass is 376 g/mol. The smallest absolute Gasteiger partial charge is 0.265 e. The lowest BCUT2D eigenvalue weighted by Gasteiger charge is -2.10. The molecular weight excluding hydrogens is 356 g/mol. The Bertz CT molecular complexity index is 765. The molecule has 0 saturated carbocycles. The summed E-state index contributed by atoms with van der Waals surface area (Å²) >= 11 is 5.86. The van der Waals surface area contributed by atoms with Gasteiger partial charge in [-0.15, -0.1) is 0 Å². The highest BCUT2D eigenvalue weighted by atomic mass is 35.5. The first-order valence-corrected chi connectivity index (χ1v) is 8.51. The fraction of sp³-hybridized carbons (Fsp3) is 0.263. The van der Waals surface area contributed by atoms with Gasteiger partial charge in [0.2, 0.25) is 0 Å². The predicted octanol–water partition coefficient (Wildman–Crippen LogP) is 4.13. The highest BCUT2D eigenvalue weighted by Gasteiger charge is 2.05. The molecule has 6 nitrogen and oxygen atoms in total. The largest absolute Gasteiger partial charge is 0.493 e. The van der Waals surface area contributed by atoms with Crippen LogP contribution in [-0.2, 0) is 9.63 Å². The summed E-state index contributed by atoms with van der Waals surface area (Å²) in [6.45, 7) is 2.44. The Labute approximate surface area is 157 Å². The number of benzene rings is 2. The van der Waals surface area contributed by atoms with Crippen LogP contribution >= 0.6 is 11.6 Å². The van der Waals surface area contributed by atoms with Crippen molar-refractivity contribution in [1.82, 2.24) is 0 Å². The Kier molecular flexibility index (Phi) is 7.76. The second kappa shape index (κ2) is 10.3. The van der Waals surface area contributed by atoms with Crippen LogP contribution in [0.15, 0.2) is 47.6 Å². The molecule has 0 saturated heterocycles. The van der Waals surface area contributed by atoms with Gasteiger partial charge in [-0.25, -0.2) is 0 Å². The van der Waals surface area contributed by atoms with Crippen molar-refractivity contribution in [3.8, 4) is 11.5 Å². The number of oxime groups is 1. The summed E-state index contributed by atoms with van der Waals surface area (Å²) in [7, 11) is 1.58. The average Bonchev–Trinajstić information content (AvgIpc) is 2.64. The molecule has 138 valence electrons. The molecule has 26 heavy (non-hydrogen) atoms. The maximum Gasteiger partial charge on any atom is 0.265 e. The van der Waals surface area contributed by atoms with Gasteiger partial charge in [0.05, 0.1) is 19.9 Å². The van der Waals surface area contributed by atoms with E-state index in [2.05, 4.69) is 10.5 Å². The van der Waals surface area contributed by atoms with Gasteiger partial charge in [0.1, 0.15) is 0 Å². The lowest BCUT2D eigenvalue weighted by Crippen LogP contribution is -2.16. The zero-order valence-electron chi connectivity index (χ0n) is 14.7. The van der Waals surface area contributed by atoms with Crippen molar-refractivity contribution in [3.05, 3.63) is 53.1 Å². The van der Waals surface area contributed by atoms with Gasteiger partial charge < -0.3 is 19.6 Å². The summed E-state index contributed by atoms with van der Waals surface area (Å²) in [6.07, 6.45) is 2.41. The average molecular weight is 377 g/mol. The number of amides is 1. The zero-order valence-corrected chi connectivity index (χ0v) is 15.5. The quantitative estimate of drug-likeness (QED) is 0.527. The van der Waals surface area contributed by atoms with Crippen molar-refractivity contribution >= 4 is 29.4 Å². The predicted molar refractivity (Wildman–Crippen MR) is 102 cm³/mol. The first-order chi connectivity index (χ1) is 12.6. The van der Waals surface area contributed by atoms with Gasteiger partial charge in [-0.3, -0.25) is 4.79 Å². The van der Waals surface area contributed by atoms with Crippen molar-refractivity contribution in [2.75, 3.05) is 25.6 Å². The molecule has 0 aliphatic heterocycles. The summed E-state index contributed by atoms with van der Waals surface area (Å²) in [6, 6.07) is 12.3. The molecule has 0 atom stereocenters. The summed E-state index contributed by atoms with van der Waals surface area (Å²) in [5, 5.41) is 7.01. The number of ether oxygens (including phenoxy) is 2. The molecule has 0 aliphatic carbocycles. The summed E-state index contributed by atoms with van der Waals surface area (Å²) in [5.41, 5.74) is 1.36. The number of nitrogens with zero attached hydrogens (tertiary/aromatic N) is 1. The number of carbonyl (C=O) groups excluding carboxylic acids is 1. The van der Waals surface area contributed by atoms with Crippen molar-refractivity contribution < 1.29 is 19.1 Å². The van der Waals surface area contributed by atoms with Crippen LogP contribution in [0.25, 0.3) is 0 Å². The number of carbonyl (C=O) groups is 1. The Balaban J connectivity index is 1.85. The molecule has 1 amide bonds. The number of methoxy groups -OCH3 is 1. The van der Waals surface area contributed by atoms with Crippen LogP contribution in [0, 0.1) is 0 Å². The summed E-state index contributed by atoms with van der Waals surface area (Å²) in [5.74, 6) is 0.958. The molecule has 0 spiro atoms. The van der Waals surface area contributed by atoms with E-state index in [1.54, 1.807) is 37.4 Å². The van der Waals surface area contributed by atoms with E-state index in [0.29, 0.717) is 28.8 Å². The SMILES string of the molecule is CCCOc1ccc(/C=N\OCC(=O)Nc2cccc(Cl)c2)cc1OC. The van der Waals surface area contributed by atoms with Gasteiger partial charge in [-0.2, -0.15) is 0 Å². The molecular formula is C19H21ClN2O4. The minimum Gasteiger partial charge on any atom is -0.493 e. The number of hydrogen-bond acceptors (Lipinski definition) is 5. The highest BCUT2D eigenvalue weighted by Crippen LogP contribution is 2.27. The molecule has 2 aromatic rings. The van der Waals surface area contributed by atoms with Gasteiger partial charge in [0.15, 0.2) is 18.1 Å². The number of rotatable bonds is 9. The lowest BCUT2D eigenvalue weighted by atomic mass is 10.2. The van der Waals surface area contributed by atoms with Gasteiger partial charge in [0.25, 0.3) is 5.91 Å². The molecule has 7 heteroatoms. The van der Waals surface area contributed by atoms with Crippen LogP contribution in [-0.4, -0.2) is 32.4 Å². The van der Waals surface area contributed by atoms with E-state index in [4.69, 9.17) is 25.9 Å². The van der Waals surface area contributed by atoms with Crippen LogP contribution in [0.2, 0.25) is 5.02 Å². The minimum absolute atomic E-state index is 0.210. The van der Waals surface area contributed by atoms with Crippen molar-refractivity contribution in [1.29, 1.82) is 0 Å². The van der Waals surface area contributed by atoms with Gasteiger partial charge in [0, 0.05) is 16.3 Å². The molecule has 0 unspecified atom stereocenters. The van der Waals surface area contributed by atoms with Crippen LogP contribution in [0.1, 0.15) is 18.9 Å². The lowest BCUT2D eigenvalue weighted by molar-refractivity contribution is -0.120. The van der Waals surface area contributed by atoms with E-state index in [9.17, 15) is 4.79 Å². The molecule has 0 bridgehead atoms. The number of anilines is 1. The van der Waals surface area contributed by atoms with Crippen LogP contribution in [0.5, 0.6) is 11.5 Å². The fourth-order valence-electron chi connectivity index (χ4n) is 2.05. The third-order valence-electron chi connectivity index (χ3n) is 3.23. The maximum absolute atomic E-state index is 11.8. The van der Waals surface area contributed by atoms with Crippen molar-refractivity contribution in [2.45, 2.75) is 13.3 Å². The third kappa shape index (κ3) is 6.29.